The molecule has 0 saturated heterocycles. The van der Waals surface area contributed by atoms with Crippen molar-refractivity contribution in [2.24, 2.45) is 0 Å². The molecular formula is C62H109O11P. The van der Waals surface area contributed by atoms with Gasteiger partial charge in [-0.25, -0.2) is 4.57 Å². The highest BCUT2D eigenvalue weighted by Crippen LogP contribution is 2.43. The highest BCUT2D eigenvalue weighted by molar-refractivity contribution is 7.47. The number of phosphoric acid groups is 1. The van der Waals surface area contributed by atoms with E-state index in [4.69, 9.17) is 23.3 Å². The van der Waals surface area contributed by atoms with Gasteiger partial charge in [-0.3, -0.25) is 23.4 Å². The molecule has 0 radical (unpaired) electrons. The third kappa shape index (κ3) is 53.7. The number of ether oxygens (including phenoxy) is 3. The van der Waals surface area contributed by atoms with Crippen molar-refractivity contribution < 1.29 is 52.2 Å². The van der Waals surface area contributed by atoms with Crippen molar-refractivity contribution in [1.29, 1.82) is 0 Å². The molecule has 428 valence electrons. The van der Waals surface area contributed by atoms with Crippen molar-refractivity contribution >= 4 is 25.7 Å². The number of hydrogen-bond donors (Lipinski definition) is 2. The number of carbonyl (C=O) groups is 3. The van der Waals surface area contributed by atoms with Crippen LogP contribution in [0.1, 0.15) is 265 Å². The molecule has 0 bridgehead atoms. The van der Waals surface area contributed by atoms with E-state index in [-0.39, 0.29) is 25.9 Å². The summed E-state index contributed by atoms with van der Waals surface area (Å²) in [5, 5.41) is 9.81. The molecule has 12 heteroatoms. The lowest BCUT2D eigenvalue weighted by Crippen LogP contribution is -2.30. The molecule has 0 aliphatic heterocycles. The van der Waals surface area contributed by atoms with E-state index in [1.165, 1.54) is 70.6 Å². The van der Waals surface area contributed by atoms with Gasteiger partial charge in [-0.15, -0.1) is 0 Å². The van der Waals surface area contributed by atoms with Crippen LogP contribution < -0.4 is 0 Å². The summed E-state index contributed by atoms with van der Waals surface area (Å²) in [6, 6.07) is 0. The van der Waals surface area contributed by atoms with Crippen LogP contribution in [0.3, 0.4) is 0 Å². The molecule has 0 rings (SSSR count). The number of hydrogen-bond acceptors (Lipinski definition) is 10. The number of aliphatic hydroxyl groups is 1. The zero-order chi connectivity index (χ0) is 54.1. The van der Waals surface area contributed by atoms with Gasteiger partial charge in [0.1, 0.15) is 12.7 Å². The average Bonchev–Trinajstić information content (AvgIpc) is 3.39. The minimum atomic E-state index is -4.76. The Morgan fingerprint density at radius 2 is 0.689 bits per heavy atom. The van der Waals surface area contributed by atoms with Gasteiger partial charge < -0.3 is 24.2 Å². The number of aliphatic hydroxyl groups excluding tert-OH is 1. The van der Waals surface area contributed by atoms with Crippen LogP contribution in [0.15, 0.2) is 72.9 Å². The van der Waals surface area contributed by atoms with Gasteiger partial charge in [0, 0.05) is 19.3 Å². The first-order valence-corrected chi connectivity index (χ1v) is 31.3. The smallest absolute Gasteiger partial charge is 0.462 e. The minimum absolute atomic E-state index is 0.149. The van der Waals surface area contributed by atoms with E-state index in [9.17, 15) is 28.9 Å². The maximum absolute atomic E-state index is 12.9. The van der Waals surface area contributed by atoms with E-state index in [0.29, 0.717) is 19.3 Å². The number of phosphoric ester groups is 1. The summed E-state index contributed by atoms with van der Waals surface area (Å²) >= 11 is 0. The van der Waals surface area contributed by atoms with Crippen LogP contribution in [0.4, 0.5) is 0 Å². The van der Waals surface area contributed by atoms with Crippen molar-refractivity contribution in [1.82, 2.24) is 0 Å². The van der Waals surface area contributed by atoms with Gasteiger partial charge in [0.05, 0.1) is 19.8 Å². The normalized spacial score (nSPS) is 13.9. The molecule has 0 aromatic heterocycles. The van der Waals surface area contributed by atoms with E-state index in [1.807, 2.05) is 0 Å². The van der Waals surface area contributed by atoms with Gasteiger partial charge in [-0.05, 0) is 109 Å². The first kappa shape index (κ1) is 70.9. The summed E-state index contributed by atoms with van der Waals surface area (Å²) in [6.07, 6.45) is 62.8. The Morgan fingerprint density at radius 1 is 0.378 bits per heavy atom. The molecule has 0 heterocycles. The second kappa shape index (κ2) is 56.1. The highest BCUT2D eigenvalue weighted by atomic mass is 31.2. The van der Waals surface area contributed by atoms with Gasteiger partial charge in [0.25, 0.3) is 0 Å². The molecule has 74 heavy (non-hydrogen) atoms. The van der Waals surface area contributed by atoms with Crippen molar-refractivity contribution in [3.8, 4) is 0 Å². The van der Waals surface area contributed by atoms with Crippen LogP contribution in [0.2, 0.25) is 0 Å². The van der Waals surface area contributed by atoms with E-state index >= 15 is 0 Å². The lowest BCUT2D eigenvalue weighted by molar-refractivity contribution is -0.161. The topological polar surface area (TPSA) is 155 Å². The summed E-state index contributed by atoms with van der Waals surface area (Å²) < 4.78 is 39.5. The zero-order valence-electron chi connectivity index (χ0n) is 47.3. The van der Waals surface area contributed by atoms with Crippen LogP contribution >= 0.6 is 7.82 Å². The van der Waals surface area contributed by atoms with Gasteiger partial charge in [0.15, 0.2) is 6.10 Å². The zero-order valence-corrected chi connectivity index (χ0v) is 48.2. The molecular weight excluding hydrogens is 952 g/mol. The number of unbranched alkanes of at least 4 members (excludes halogenated alkanes) is 26. The Kier molecular flexibility index (Phi) is 53.8. The monoisotopic (exact) mass is 1060 g/mol. The highest BCUT2D eigenvalue weighted by Gasteiger charge is 2.28. The summed E-state index contributed by atoms with van der Waals surface area (Å²) in [5.41, 5.74) is 0. The Balaban J connectivity index is 4.77. The predicted octanol–water partition coefficient (Wildman–Crippen LogP) is 17.7. The molecule has 0 aliphatic rings. The molecule has 0 aliphatic carbocycles. The number of rotatable bonds is 55. The van der Waals surface area contributed by atoms with Crippen LogP contribution in [0.25, 0.3) is 0 Å². The maximum atomic E-state index is 12.9. The second-order valence-electron chi connectivity index (χ2n) is 19.8. The molecule has 3 atom stereocenters. The van der Waals surface area contributed by atoms with Crippen molar-refractivity contribution in [3.63, 3.8) is 0 Å². The summed E-state index contributed by atoms with van der Waals surface area (Å²) in [6.45, 7) is 4.52. The SMILES string of the molecule is CCC/C=C\C/C=C\CCCCCCCC(=O)OC(CO)COP(=O)(O)OCC(COC(=O)CCCCCCC/C=C\CCCCCCCC)OC(=O)CCCCCCCC/C=C\C/C=C\C/C=C\CCCCC. The van der Waals surface area contributed by atoms with Crippen molar-refractivity contribution in [2.75, 3.05) is 26.4 Å². The van der Waals surface area contributed by atoms with Crippen LogP contribution in [0, 0.1) is 0 Å². The molecule has 11 nitrogen and oxygen atoms in total. The summed E-state index contributed by atoms with van der Waals surface area (Å²) in [5.74, 6) is -1.50. The van der Waals surface area contributed by atoms with Gasteiger partial charge in [0.2, 0.25) is 0 Å². The van der Waals surface area contributed by atoms with Crippen LogP contribution in [-0.4, -0.2) is 66.5 Å². The maximum Gasteiger partial charge on any atom is 0.472 e. The fraction of sp³-hybridized carbons (Fsp3) is 0.758. The fourth-order valence-corrected chi connectivity index (χ4v) is 8.77. The molecule has 0 aromatic carbocycles. The average molecular weight is 1060 g/mol. The Bertz CT molecular complexity index is 1520. The second-order valence-corrected chi connectivity index (χ2v) is 21.3. The summed E-state index contributed by atoms with van der Waals surface area (Å²) in [4.78, 5) is 48.6. The quantitative estimate of drug-likeness (QED) is 0.0197. The van der Waals surface area contributed by atoms with Gasteiger partial charge >= 0.3 is 25.7 Å². The predicted molar refractivity (Wildman–Crippen MR) is 307 cm³/mol. The first-order valence-electron chi connectivity index (χ1n) is 29.8. The van der Waals surface area contributed by atoms with Crippen molar-refractivity contribution in [2.45, 2.75) is 277 Å². The summed E-state index contributed by atoms with van der Waals surface area (Å²) in [7, 11) is -4.76. The van der Waals surface area contributed by atoms with E-state index in [0.717, 1.165) is 135 Å². The molecule has 2 N–H and O–H groups in total. The minimum Gasteiger partial charge on any atom is -0.462 e. The number of allylic oxidation sites excluding steroid dienone is 12. The lowest BCUT2D eigenvalue weighted by atomic mass is 10.1. The molecule has 3 unspecified atom stereocenters. The molecule has 0 aromatic rings. The van der Waals surface area contributed by atoms with Crippen LogP contribution in [0.5, 0.6) is 0 Å². The largest absolute Gasteiger partial charge is 0.472 e. The number of carbonyl (C=O) groups excluding carboxylic acids is 3. The van der Waals surface area contributed by atoms with Gasteiger partial charge in [-0.2, -0.15) is 0 Å². The third-order valence-corrected chi connectivity index (χ3v) is 13.5. The first-order chi connectivity index (χ1) is 36.2. The number of esters is 3. The van der Waals surface area contributed by atoms with E-state index in [1.54, 1.807) is 0 Å². The molecule has 0 spiro atoms. The Morgan fingerprint density at radius 3 is 1.11 bits per heavy atom. The Hall–Kier alpha value is -3.08. The molecule has 0 saturated carbocycles. The Labute approximate surface area is 452 Å². The fourth-order valence-electron chi connectivity index (χ4n) is 7.98. The van der Waals surface area contributed by atoms with E-state index < -0.39 is 57.8 Å². The lowest BCUT2D eigenvalue weighted by Gasteiger charge is -2.21. The molecule has 0 amide bonds. The third-order valence-electron chi connectivity index (χ3n) is 12.6. The van der Waals surface area contributed by atoms with Crippen LogP contribution in [-0.2, 0) is 42.2 Å². The molecule has 0 fully saturated rings. The van der Waals surface area contributed by atoms with Crippen molar-refractivity contribution in [3.05, 3.63) is 72.9 Å². The van der Waals surface area contributed by atoms with E-state index in [2.05, 4.69) is 93.7 Å². The standard InChI is InChI=1S/C62H109O11P/c1-4-7-10-13-16-19-22-25-27-28-29-30-32-35-38-41-44-47-50-53-62(66)73-59(55-69-60(64)51-48-45-42-39-36-34-31-26-23-20-17-14-11-8-5-2)57-71-74(67,68)70-56-58(54-63)72-61(65)52-49-46-43-40-37-33-24-21-18-15-12-9-6-3/h12,15-16,19,21,24-27,29-31,58-59,63H,4-11,13-14,17-18,20,22-23,28,32-57H2,1-3H3,(H,67,68)/b15-12-,19-16-,24-21-,27-25-,30-29-,31-26-. The van der Waals surface area contributed by atoms with Gasteiger partial charge in [-0.1, -0.05) is 209 Å².